The average molecular weight is 155 g/mol. The molecule has 0 saturated carbocycles. The first kappa shape index (κ1) is 7.84. The molecule has 0 atom stereocenters. The second-order valence-corrected chi connectivity index (χ2v) is 2.30. The molecule has 0 aromatic carbocycles. The van der Waals surface area contributed by atoms with Crippen molar-refractivity contribution < 1.29 is 0 Å². The average Bonchev–Trinajstić information content (AvgIpc) is 2.34. The third kappa shape index (κ3) is 1.83. The number of likely N-dealkylation sites (N-methyl/N-ethyl adjacent to an activating group) is 1. The van der Waals surface area contributed by atoms with E-state index in [1.54, 1.807) is 0 Å². The van der Waals surface area contributed by atoms with E-state index in [2.05, 4.69) is 9.98 Å². The third-order valence-corrected chi connectivity index (χ3v) is 1.52. The maximum Gasteiger partial charge on any atom is 0.223 e. The molecule has 5 heteroatoms. The molecule has 0 spiro atoms. The van der Waals surface area contributed by atoms with E-state index in [0.717, 1.165) is 19.6 Å². The highest BCUT2D eigenvalue weighted by Crippen LogP contribution is 2.00. The van der Waals surface area contributed by atoms with Crippen molar-refractivity contribution >= 4 is 11.9 Å². The molecule has 0 aliphatic carbocycles. The molecule has 0 amide bonds. The van der Waals surface area contributed by atoms with Crippen molar-refractivity contribution in [1.29, 1.82) is 0 Å². The van der Waals surface area contributed by atoms with Crippen LogP contribution in [0.4, 0.5) is 0 Å². The maximum absolute atomic E-state index is 5.21. The molecule has 1 rings (SSSR count). The van der Waals surface area contributed by atoms with E-state index in [4.69, 9.17) is 11.5 Å². The summed E-state index contributed by atoms with van der Waals surface area (Å²) in [4.78, 5) is 10.0. The van der Waals surface area contributed by atoms with Crippen molar-refractivity contribution in [3.63, 3.8) is 0 Å². The van der Waals surface area contributed by atoms with Gasteiger partial charge in [0.2, 0.25) is 5.96 Å². The first-order valence-electron chi connectivity index (χ1n) is 3.63. The van der Waals surface area contributed by atoms with Crippen LogP contribution in [-0.2, 0) is 0 Å². The number of rotatable bonds is 1. The van der Waals surface area contributed by atoms with Gasteiger partial charge in [-0.25, -0.2) is 4.99 Å². The van der Waals surface area contributed by atoms with Crippen LogP contribution >= 0.6 is 0 Å². The van der Waals surface area contributed by atoms with Gasteiger partial charge in [-0.3, -0.25) is 0 Å². The molecule has 1 heterocycles. The molecule has 0 fully saturated rings. The Labute approximate surface area is 65.8 Å². The molecule has 11 heavy (non-hydrogen) atoms. The predicted molar refractivity (Wildman–Crippen MR) is 45.4 cm³/mol. The summed E-state index contributed by atoms with van der Waals surface area (Å²) in [5.41, 5.74) is 10.4. The number of hydrogen-bond acceptors (Lipinski definition) is 3. The van der Waals surface area contributed by atoms with Crippen LogP contribution in [0.15, 0.2) is 9.98 Å². The first-order valence-corrected chi connectivity index (χ1v) is 3.63. The zero-order valence-electron chi connectivity index (χ0n) is 6.62. The van der Waals surface area contributed by atoms with E-state index in [1.165, 1.54) is 0 Å². The van der Waals surface area contributed by atoms with E-state index < -0.39 is 0 Å². The Morgan fingerprint density at radius 3 is 3.00 bits per heavy atom. The minimum absolute atomic E-state index is 0.0732. The Bertz CT molecular complexity index is 191. The molecular weight excluding hydrogens is 142 g/mol. The second kappa shape index (κ2) is 3.23. The van der Waals surface area contributed by atoms with Gasteiger partial charge in [0.15, 0.2) is 5.96 Å². The minimum Gasteiger partial charge on any atom is -0.370 e. The van der Waals surface area contributed by atoms with Gasteiger partial charge in [-0.05, 0) is 6.92 Å². The van der Waals surface area contributed by atoms with Crippen LogP contribution in [0, 0.1) is 0 Å². The number of nitrogens with zero attached hydrogens (tertiary/aromatic N) is 3. The topological polar surface area (TPSA) is 80.0 Å². The van der Waals surface area contributed by atoms with Crippen LogP contribution in [0.5, 0.6) is 0 Å². The highest BCUT2D eigenvalue weighted by atomic mass is 15.3. The summed E-state index contributed by atoms with van der Waals surface area (Å²) >= 11 is 0. The summed E-state index contributed by atoms with van der Waals surface area (Å²) < 4.78 is 0. The predicted octanol–water partition coefficient (Wildman–Crippen LogP) is -1.05. The van der Waals surface area contributed by atoms with Crippen molar-refractivity contribution in [2.24, 2.45) is 21.5 Å². The highest BCUT2D eigenvalue weighted by Gasteiger charge is 2.13. The van der Waals surface area contributed by atoms with Crippen molar-refractivity contribution in [3.05, 3.63) is 0 Å². The highest BCUT2D eigenvalue weighted by molar-refractivity contribution is 5.94. The molecule has 0 radical (unpaired) electrons. The Hall–Kier alpha value is -1.26. The molecule has 1 aliphatic heterocycles. The fourth-order valence-corrected chi connectivity index (χ4v) is 0.992. The summed E-state index contributed by atoms with van der Waals surface area (Å²) in [6, 6.07) is 0. The lowest BCUT2D eigenvalue weighted by Crippen LogP contribution is -2.31. The summed E-state index contributed by atoms with van der Waals surface area (Å²) in [6.07, 6.45) is 0. The van der Waals surface area contributed by atoms with E-state index >= 15 is 0 Å². The molecule has 0 saturated heterocycles. The van der Waals surface area contributed by atoms with Gasteiger partial charge in [0.25, 0.3) is 0 Å². The summed E-state index contributed by atoms with van der Waals surface area (Å²) in [6.45, 7) is 4.65. The molecule has 5 nitrogen and oxygen atoms in total. The monoisotopic (exact) mass is 155 g/mol. The van der Waals surface area contributed by atoms with Crippen LogP contribution in [-0.4, -0.2) is 36.5 Å². The van der Waals surface area contributed by atoms with Crippen LogP contribution in [0.25, 0.3) is 0 Å². The zero-order chi connectivity index (χ0) is 8.27. The van der Waals surface area contributed by atoms with Gasteiger partial charge < -0.3 is 16.4 Å². The standard InChI is InChI=1S/C6H13N5/c1-2-11-4-3-9-6(11)10-5(7)8/h2-4H2,1H3,(H4,7,8,9,10). The van der Waals surface area contributed by atoms with Gasteiger partial charge in [-0.15, -0.1) is 0 Å². The van der Waals surface area contributed by atoms with E-state index in [9.17, 15) is 0 Å². The molecular formula is C6H13N5. The molecule has 62 valence electrons. The SMILES string of the molecule is CCN1CCN=C1N=C(N)N. The Balaban J connectivity index is 2.63. The number of nitrogens with two attached hydrogens (primary N) is 2. The molecule has 0 aromatic rings. The van der Waals surface area contributed by atoms with Gasteiger partial charge >= 0.3 is 0 Å². The fourth-order valence-electron chi connectivity index (χ4n) is 0.992. The lowest BCUT2D eigenvalue weighted by atomic mass is 10.5. The van der Waals surface area contributed by atoms with Gasteiger partial charge in [-0.1, -0.05) is 0 Å². The van der Waals surface area contributed by atoms with Crippen LogP contribution in [0.1, 0.15) is 6.92 Å². The lowest BCUT2D eigenvalue weighted by Gasteiger charge is -2.13. The Morgan fingerprint density at radius 1 is 1.73 bits per heavy atom. The second-order valence-electron chi connectivity index (χ2n) is 2.30. The van der Waals surface area contributed by atoms with E-state index in [-0.39, 0.29) is 5.96 Å². The van der Waals surface area contributed by atoms with Gasteiger partial charge in [0.1, 0.15) is 0 Å². The fraction of sp³-hybridized carbons (Fsp3) is 0.667. The maximum atomic E-state index is 5.21. The normalized spacial score (nSPS) is 16.5. The summed E-state index contributed by atoms with van der Waals surface area (Å²) in [5.74, 6) is 0.733. The van der Waals surface area contributed by atoms with Gasteiger partial charge in [0.05, 0.1) is 6.54 Å². The minimum atomic E-state index is 0.0732. The number of aliphatic imine (C=N–C) groups is 2. The van der Waals surface area contributed by atoms with Crippen LogP contribution in [0.3, 0.4) is 0 Å². The molecule has 0 unspecified atom stereocenters. The smallest absolute Gasteiger partial charge is 0.223 e. The summed E-state index contributed by atoms with van der Waals surface area (Å²) in [7, 11) is 0. The van der Waals surface area contributed by atoms with Crippen molar-refractivity contribution in [2.45, 2.75) is 6.92 Å². The zero-order valence-corrected chi connectivity index (χ0v) is 6.62. The van der Waals surface area contributed by atoms with Gasteiger partial charge in [-0.2, -0.15) is 4.99 Å². The largest absolute Gasteiger partial charge is 0.370 e. The van der Waals surface area contributed by atoms with Crippen LogP contribution in [0.2, 0.25) is 0 Å². The molecule has 0 aromatic heterocycles. The third-order valence-electron chi connectivity index (χ3n) is 1.52. The number of hydrogen-bond donors (Lipinski definition) is 2. The quantitative estimate of drug-likeness (QED) is 0.374. The summed E-state index contributed by atoms with van der Waals surface area (Å²) in [5, 5.41) is 0. The Morgan fingerprint density at radius 2 is 2.45 bits per heavy atom. The molecule has 0 bridgehead atoms. The van der Waals surface area contributed by atoms with Gasteiger partial charge in [0, 0.05) is 13.1 Å². The van der Waals surface area contributed by atoms with Crippen molar-refractivity contribution in [1.82, 2.24) is 4.90 Å². The molecule has 4 N–H and O–H groups in total. The molecule has 1 aliphatic rings. The first-order chi connectivity index (χ1) is 5.24. The van der Waals surface area contributed by atoms with Crippen molar-refractivity contribution in [2.75, 3.05) is 19.6 Å². The lowest BCUT2D eigenvalue weighted by molar-refractivity contribution is 0.479. The number of guanidine groups is 2. The van der Waals surface area contributed by atoms with E-state index in [1.807, 2.05) is 11.8 Å². The van der Waals surface area contributed by atoms with Crippen LogP contribution < -0.4 is 11.5 Å². The van der Waals surface area contributed by atoms with Crippen molar-refractivity contribution in [3.8, 4) is 0 Å². The Kier molecular flexibility index (Phi) is 2.30. The van der Waals surface area contributed by atoms with E-state index in [0.29, 0.717) is 5.96 Å².